The number of hydrogen-bond acceptors (Lipinski definition) is 4. The molecule has 0 unspecified atom stereocenters. The molecule has 0 aliphatic carbocycles. The Morgan fingerprint density at radius 3 is 2.70 bits per heavy atom. The van der Waals surface area contributed by atoms with Crippen LogP contribution in [0.1, 0.15) is 31.7 Å². The Morgan fingerprint density at radius 2 is 2.09 bits per heavy atom. The van der Waals surface area contributed by atoms with Gasteiger partial charge in [0.1, 0.15) is 6.04 Å². The Balaban J connectivity index is 2.09. The molecule has 6 nitrogen and oxygen atoms in total. The van der Waals surface area contributed by atoms with Crippen LogP contribution in [0.25, 0.3) is 0 Å². The lowest BCUT2D eigenvalue weighted by atomic mass is 10.1. The number of rotatable bonds is 8. The van der Waals surface area contributed by atoms with Crippen molar-refractivity contribution in [3.05, 3.63) is 58.5 Å². The third kappa shape index (κ3) is 4.95. The highest BCUT2D eigenvalue weighted by Crippen LogP contribution is 2.09. The van der Waals surface area contributed by atoms with Gasteiger partial charge in [-0.2, -0.15) is 5.10 Å². The Labute approximate surface area is 134 Å². The Morgan fingerprint density at radius 1 is 1.35 bits per heavy atom. The van der Waals surface area contributed by atoms with Gasteiger partial charge in [0, 0.05) is 6.07 Å². The highest BCUT2D eigenvalue weighted by Gasteiger charge is 2.16. The minimum atomic E-state index is -0.924. The summed E-state index contributed by atoms with van der Waals surface area (Å²) < 4.78 is 1.35. The van der Waals surface area contributed by atoms with E-state index in [9.17, 15) is 14.7 Å². The molecule has 1 atom stereocenters. The van der Waals surface area contributed by atoms with Crippen molar-refractivity contribution in [1.82, 2.24) is 9.78 Å². The van der Waals surface area contributed by atoms with E-state index in [4.69, 9.17) is 0 Å². The maximum Gasteiger partial charge on any atom is 0.326 e. The molecule has 0 aliphatic heterocycles. The normalized spacial score (nSPS) is 11.9. The van der Waals surface area contributed by atoms with Crippen LogP contribution in [-0.4, -0.2) is 26.9 Å². The van der Waals surface area contributed by atoms with Crippen LogP contribution in [0.3, 0.4) is 0 Å². The summed E-state index contributed by atoms with van der Waals surface area (Å²) in [6.45, 7) is 2.39. The maximum atomic E-state index is 12.1. The molecule has 0 fully saturated rings. The molecule has 1 heterocycles. The van der Waals surface area contributed by atoms with Gasteiger partial charge in [-0.05, 0) is 12.0 Å². The molecule has 23 heavy (non-hydrogen) atoms. The Bertz CT molecular complexity index is 698. The molecule has 0 saturated heterocycles. The molecule has 0 amide bonds. The van der Waals surface area contributed by atoms with Gasteiger partial charge in [-0.25, -0.2) is 9.48 Å². The predicted octanol–water partition coefficient (Wildman–Crippen LogP) is 2.35. The quantitative estimate of drug-likeness (QED) is 0.781. The molecule has 0 bridgehead atoms. The smallest absolute Gasteiger partial charge is 0.326 e. The van der Waals surface area contributed by atoms with Crippen molar-refractivity contribution in [3.63, 3.8) is 0 Å². The zero-order chi connectivity index (χ0) is 16.7. The summed E-state index contributed by atoms with van der Waals surface area (Å²) in [4.78, 5) is 23.4. The second-order valence-corrected chi connectivity index (χ2v) is 5.40. The fraction of sp³-hybridized carbons (Fsp3) is 0.353. The monoisotopic (exact) mass is 315 g/mol. The van der Waals surface area contributed by atoms with E-state index in [0.29, 0.717) is 18.7 Å². The summed E-state index contributed by atoms with van der Waals surface area (Å²) >= 11 is 0. The van der Waals surface area contributed by atoms with Gasteiger partial charge in [0.25, 0.3) is 5.56 Å². The summed E-state index contributed by atoms with van der Waals surface area (Å²) in [6.07, 6.45) is 3.73. The van der Waals surface area contributed by atoms with Gasteiger partial charge in [-0.3, -0.25) is 4.79 Å². The predicted molar refractivity (Wildman–Crippen MR) is 88.6 cm³/mol. The van der Waals surface area contributed by atoms with Crippen LogP contribution in [0, 0.1) is 0 Å². The van der Waals surface area contributed by atoms with Crippen LogP contribution in [0.5, 0.6) is 0 Å². The molecule has 1 aromatic carbocycles. The number of aliphatic carboxylic acids is 1. The van der Waals surface area contributed by atoms with Gasteiger partial charge >= 0.3 is 5.97 Å². The van der Waals surface area contributed by atoms with Gasteiger partial charge in [-0.15, -0.1) is 0 Å². The maximum absolute atomic E-state index is 12.1. The second-order valence-electron chi connectivity index (χ2n) is 5.40. The number of hydrogen-bond donors (Lipinski definition) is 2. The lowest BCUT2D eigenvalue weighted by molar-refractivity contribution is -0.138. The Kier molecular flexibility index (Phi) is 5.91. The summed E-state index contributed by atoms with van der Waals surface area (Å²) in [6, 6.07) is 10.2. The first kappa shape index (κ1) is 16.7. The minimum absolute atomic E-state index is 0.265. The largest absolute Gasteiger partial charge is 0.480 e. The van der Waals surface area contributed by atoms with E-state index in [-0.39, 0.29) is 5.56 Å². The molecule has 0 aliphatic rings. The van der Waals surface area contributed by atoms with E-state index < -0.39 is 12.0 Å². The fourth-order valence-electron chi connectivity index (χ4n) is 2.25. The SMILES string of the molecule is CCCC[C@H](Nc1cnn(Cc2ccccc2)c(=O)c1)C(=O)O. The zero-order valence-electron chi connectivity index (χ0n) is 13.1. The lowest BCUT2D eigenvalue weighted by Crippen LogP contribution is -2.31. The van der Waals surface area contributed by atoms with Crippen molar-refractivity contribution in [2.45, 2.75) is 38.8 Å². The molecule has 0 radical (unpaired) electrons. The highest BCUT2D eigenvalue weighted by atomic mass is 16.4. The number of benzene rings is 1. The molecule has 122 valence electrons. The average Bonchev–Trinajstić information content (AvgIpc) is 2.54. The van der Waals surface area contributed by atoms with Crippen LogP contribution in [0.15, 0.2) is 47.4 Å². The third-order valence-corrected chi connectivity index (χ3v) is 3.53. The van der Waals surface area contributed by atoms with Gasteiger partial charge in [0.15, 0.2) is 0 Å². The first-order valence-electron chi connectivity index (χ1n) is 7.70. The fourth-order valence-corrected chi connectivity index (χ4v) is 2.25. The number of nitrogens with zero attached hydrogens (tertiary/aromatic N) is 2. The third-order valence-electron chi connectivity index (χ3n) is 3.53. The molecule has 1 aromatic heterocycles. The molecule has 6 heteroatoms. The van der Waals surface area contributed by atoms with E-state index in [1.165, 1.54) is 16.9 Å². The molecule has 0 saturated carbocycles. The van der Waals surface area contributed by atoms with Crippen LogP contribution >= 0.6 is 0 Å². The van der Waals surface area contributed by atoms with Crippen molar-refractivity contribution in [1.29, 1.82) is 0 Å². The van der Waals surface area contributed by atoms with Gasteiger partial charge in [0.05, 0.1) is 18.4 Å². The number of carboxylic acid groups (broad SMARTS) is 1. The zero-order valence-corrected chi connectivity index (χ0v) is 13.1. The van der Waals surface area contributed by atoms with Crippen molar-refractivity contribution in [2.24, 2.45) is 0 Å². The number of anilines is 1. The van der Waals surface area contributed by atoms with Crippen molar-refractivity contribution >= 4 is 11.7 Å². The van der Waals surface area contributed by atoms with Crippen LogP contribution in [0.4, 0.5) is 5.69 Å². The number of carboxylic acids is 1. The molecule has 0 spiro atoms. The first-order valence-corrected chi connectivity index (χ1v) is 7.70. The number of nitrogens with one attached hydrogen (secondary N) is 1. The van der Waals surface area contributed by atoms with E-state index in [1.807, 2.05) is 37.3 Å². The summed E-state index contributed by atoms with van der Waals surface area (Å²) in [5.41, 5.74) is 1.15. The van der Waals surface area contributed by atoms with Crippen LogP contribution in [0.2, 0.25) is 0 Å². The summed E-state index contributed by atoms with van der Waals surface area (Å²) in [5, 5.41) is 16.2. The lowest BCUT2D eigenvalue weighted by Gasteiger charge is -2.15. The molecular weight excluding hydrogens is 294 g/mol. The van der Waals surface area contributed by atoms with E-state index in [2.05, 4.69) is 10.4 Å². The van der Waals surface area contributed by atoms with Crippen molar-refractivity contribution in [2.75, 3.05) is 5.32 Å². The van der Waals surface area contributed by atoms with Gasteiger partial charge in [0.2, 0.25) is 0 Å². The van der Waals surface area contributed by atoms with Crippen molar-refractivity contribution in [3.8, 4) is 0 Å². The summed E-state index contributed by atoms with van der Waals surface area (Å²) in [7, 11) is 0. The second kappa shape index (κ2) is 8.12. The van der Waals surface area contributed by atoms with Crippen LogP contribution < -0.4 is 10.9 Å². The van der Waals surface area contributed by atoms with E-state index in [0.717, 1.165) is 18.4 Å². The number of unbranched alkanes of at least 4 members (excludes halogenated alkanes) is 1. The summed E-state index contributed by atoms with van der Waals surface area (Å²) in [5.74, 6) is -0.924. The Hall–Kier alpha value is -2.63. The number of carbonyl (C=O) groups is 1. The molecule has 2 N–H and O–H groups in total. The standard InChI is InChI=1S/C17H21N3O3/c1-2-3-9-15(17(22)23)19-14-10-16(21)20(18-11-14)12-13-7-5-4-6-8-13/h4-8,10-11,15,19H,2-3,9,12H2,1H3,(H,22,23)/t15-/m0/s1. The van der Waals surface area contributed by atoms with Gasteiger partial charge in [-0.1, -0.05) is 50.1 Å². The average molecular weight is 315 g/mol. The topological polar surface area (TPSA) is 84.2 Å². The molecule has 2 aromatic rings. The number of aromatic nitrogens is 2. The van der Waals surface area contributed by atoms with Crippen molar-refractivity contribution < 1.29 is 9.90 Å². The van der Waals surface area contributed by atoms with E-state index >= 15 is 0 Å². The van der Waals surface area contributed by atoms with E-state index in [1.54, 1.807) is 0 Å². The molecule has 2 rings (SSSR count). The first-order chi connectivity index (χ1) is 11.1. The van der Waals surface area contributed by atoms with Crippen LogP contribution in [-0.2, 0) is 11.3 Å². The minimum Gasteiger partial charge on any atom is -0.480 e. The van der Waals surface area contributed by atoms with Gasteiger partial charge < -0.3 is 10.4 Å². The molecular formula is C17H21N3O3. The highest BCUT2D eigenvalue weighted by molar-refractivity contribution is 5.77.